The summed E-state index contributed by atoms with van der Waals surface area (Å²) < 4.78 is 14.3. The number of hydrogen-bond donors (Lipinski definition) is 0. The number of thiazole rings is 1. The Morgan fingerprint density at radius 2 is 1.83 bits per heavy atom. The summed E-state index contributed by atoms with van der Waals surface area (Å²) in [6.07, 6.45) is 1.62. The summed E-state index contributed by atoms with van der Waals surface area (Å²) in [4.78, 5) is 17.8. The van der Waals surface area contributed by atoms with Crippen molar-refractivity contribution in [1.29, 1.82) is 0 Å². The van der Waals surface area contributed by atoms with E-state index in [0.29, 0.717) is 20.9 Å². The van der Waals surface area contributed by atoms with Crippen molar-refractivity contribution in [1.82, 2.24) is 4.98 Å². The summed E-state index contributed by atoms with van der Waals surface area (Å²) in [5.41, 5.74) is 4.13. The quantitative estimate of drug-likeness (QED) is 0.322. The van der Waals surface area contributed by atoms with Crippen LogP contribution in [0.1, 0.15) is 27.0 Å². The minimum atomic E-state index is -0.340. The van der Waals surface area contributed by atoms with Gasteiger partial charge in [0.15, 0.2) is 0 Å². The molecule has 4 rings (SSSR count). The minimum absolute atomic E-state index is 0.292. The molecular weight excluding hydrogens is 385 g/mol. The number of rotatable bonds is 4. The molecule has 6 heteroatoms. The molecule has 0 aliphatic carbocycles. The van der Waals surface area contributed by atoms with Gasteiger partial charge in [0, 0.05) is 5.56 Å². The van der Waals surface area contributed by atoms with Gasteiger partial charge in [-0.15, -0.1) is 0 Å². The molecule has 0 bridgehead atoms. The number of amides is 1. The summed E-state index contributed by atoms with van der Waals surface area (Å²) in [6.45, 7) is 3.96. The van der Waals surface area contributed by atoms with Gasteiger partial charge in [-0.2, -0.15) is 10.1 Å². The molecule has 1 heterocycles. The standard InChI is InChI=1S/C23H18FN3OS/c1-15-8-9-18(12-16(15)2)22(28)27(25-14-17-6-4-3-5-7-17)23-26-20-11-10-19(24)13-21(20)29-23/h3-14H,1-2H3/b25-14+. The molecule has 0 saturated heterocycles. The third-order valence-corrected chi connectivity index (χ3v) is 5.58. The zero-order valence-corrected chi connectivity index (χ0v) is 16.8. The largest absolute Gasteiger partial charge is 0.280 e. The van der Waals surface area contributed by atoms with E-state index in [1.807, 2.05) is 56.3 Å². The van der Waals surface area contributed by atoms with E-state index >= 15 is 0 Å². The van der Waals surface area contributed by atoms with E-state index in [0.717, 1.165) is 16.7 Å². The number of fused-ring (bicyclic) bond motifs is 1. The molecule has 0 fully saturated rings. The molecular formula is C23H18FN3OS. The first-order valence-corrected chi connectivity index (χ1v) is 9.90. The van der Waals surface area contributed by atoms with Crippen LogP contribution in [0.15, 0.2) is 71.8 Å². The number of benzene rings is 3. The van der Waals surface area contributed by atoms with Crippen LogP contribution < -0.4 is 5.01 Å². The van der Waals surface area contributed by atoms with Crippen molar-refractivity contribution in [2.45, 2.75) is 13.8 Å². The summed E-state index contributed by atoms with van der Waals surface area (Å²) in [5, 5.41) is 6.09. The third-order valence-electron chi connectivity index (χ3n) is 4.59. The van der Waals surface area contributed by atoms with Crippen LogP contribution in [0.2, 0.25) is 0 Å². The van der Waals surface area contributed by atoms with Crippen molar-refractivity contribution in [3.05, 3.63) is 94.8 Å². The first kappa shape index (κ1) is 19.0. The number of carbonyl (C=O) groups is 1. The summed E-state index contributed by atoms with van der Waals surface area (Å²) in [5.74, 6) is -0.632. The molecule has 1 aromatic heterocycles. The lowest BCUT2D eigenvalue weighted by molar-refractivity contribution is 0.0987. The Morgan fingerprint density at radius 1 is 1.03 bits per heavy atom. The molecule has 0 aliphatic heterocycles. The van der Waals surface area contributed by atoms with Crippen LogP contribution in [-0.4, -0.2) is 17.1 Å². The zero-order valence-electron chi connectivity index (χ0n) is 16.0. The molecule has 0 saturated carbocycles. The van der Waals surface area contributed by atoms with Gasteiger partial charge in [-0.05, 0) is 60.9 Å². The van der Waals surface area contributed by atoms with E-state index in [1.165, 1.54) is 28.5 Å². The summed E-state index contributed by atoms with van der Waals surface area (Å²) >= 11 is 1.23. The molecule has 0 N–H and O–H groups in total. The highest BCUT2D eigenvalue weighted by atomic mass is 32.1. The smallest absolute Gasteiger partial charge is 0.267 e. The minimum Gasteiger partial charge on any atom is -0.267 e. The number of carbonyl (C=O) groups excluding carboxylic acids is 1. The second kappa shape index (κ2) is 7.93. The predicted octanol–water partition coefficient (Wildman–Crippen LogP) is 5.73. The first-order chi connectivity index (χ1) is 14.0. The second-order valence-corrected chi connectivity index (χ2v) is 7.69. The molecule has 0 aliphatic rings. The van der Waals surface area contributed by atoms with Gasteiger partial charge in [0.2, 0.25) is 5.13 Å². The number of anilines is 1. The van der Waals surface area contributed by atoms with E-state index in [9.17, 15) is 9.18 Å². The first-order valence-electron chi connectivity index (χ1n) is 9.08. The van der Waals surface area contributed by atoms with Crippen LogP contribution in [-0.2, 0) is 0 Å². The Hall–Kier alpha value is -3.38. The lowest BCUT2D eigenvalue weighted by atomic mass is 10.1. The highest BCUT2D eigenvalue weighted by molar-refractivity contribution is 7.22. The average molecular weight is 403 g/mol. The van der Waals surface area contributed by atoms with E-state index in [4.69, 9.17) is 0 Å². The fourth-order valence-electron chi connectivity index (χ4n) is 2.83. The lowest BCUT2D eigenvalue weighted by Gasteiger charge is -2.14. The Bertz CT molecular complexity index is 1220. The van der Waals surface area contributed by atoms with E-state index in [2.05, 4.69) is 10.1 Å². The number of aromatic nitrogens is 1. The Labute approximate surface area is 171 Å². The zero-order chi connectivity index (χ0) is 20.4. The van der Waals surface area contributed by atoms with Crippen molar-refractivity contribution >= 4 is 38.8 Å². The number of hydrazone groups is 1. The molecule has 29 heavy (non-hydrogen) atoms. The second-order valence-electron chi connectivity index (χ2n) is 6.68. The van der Waals surface area contributed by atoms with Crippen LogP contribution >= 0.6 is 11.3 Å². The lowest BCUT2D eigenvalue weighted by Crippen LogP contribution is -2.25. The monoisotopic (exact) mass is 403 g/mol. The van der Waals surface area contributed by atoms with Gasteiger partial charge in [-0.25, -0.2) is 9.37 Å². The van der Waals surface area contributed by atoms with Gasteiger partial charge in [0.1, 0.15) is 5.82 Å². The van der Waals surface area contributed by atoms with Crippen LogP contribution in [0.4, 0.5) is 9.52 Å². The highest BCUT2D eigenvalue weighted by Gasteiger charge is 2.21. The van der Waals surface area contributed by atoms with Crippen molar-refractivity contribution in [3.63, 3.8) is 0 Å². The van der Waals surface area contributed by atoms with Crippen molar-refractivity contribution in [2.75, 3.05) is 5.01 Å². The van der Waals surface area contributed by atoms with Gasteiger partial charge in [-0.1, -0.05) is 47.7 Å². The fraction of sp³-hybridized carbons (Fsp3) is 0.0870. The average Bonchev–Trinajstić information content (AvgIpc) is 3.13. The van der Waals surface area contributed by atoms with E-state index in [-0.39, 0.29) is 11.7 Å². The van der Waals surface area contributed by atoms with Gasteiger partial charge in [-0.3, -0.25) is 4.79 Å². The van der Waals surface area contributed by atoms with E-state index < -0.39 is 0 Å². The number of hydrogen-bond acceptors (Lipinski definition) is 4. The van der Waals surface area contributed by atoms with Gasteiger partial charge >= 0.3 is 0 Å². The Balaban J connectivity index is 1.78. The SMILES string of the molecule is Cc1ccc(C(=O)N(/N=C/c2ccccc2)c2nc3ccc(F)cc3s2)cc1C. The van der Waals surface area contributed by atoms with Crippen LogP contribution in [0.3, 0.4) is 0 Å². The number of aryl methyl sites for hydroxylation is 2. The van der Waals surface area contributed by atoms with Crippen LogP contribution in [0.5, 0.6) is 0 Å². The molecule has 0 unspecified atom stereocenters. The highest BCUT2D eigenvalue weighted by Crippen LogP contribution is 2.30. The Kier molecular flexibility index (Phi) is 5.18. The maximum atomic E-state index is 13.6. The summed E-state index contributed by atoms with van der Waals surface area (Å²) in [7, 11) is 0. The van der Waals surface area contributed by atoms with Gasteiger partial charge in [0.25, 0.3) is 5.91 Å². The topological polar surface area (TPSA) is 45.6 Å². The molecule has 0 spiro atoms. The molecule has 1 amide bonds. The van der Waals surface area contributed by atoms with Gasteiger partial charge in [0.05, 0.1) is 16.4 Å². The Morgan fingerprint density at radius 3 is 2.59 bits per heavy atom. The van der Waals surface area contributed by atoms with Gasteiger partial charge < -0.3 is 0 Å². The summed E-state index contributed by atoms with van der Waals surface area (Å²) in [6, 6.07) is 19.4. The maximum Gasteiger partial charge on any atom is 0.280 e. The van der Waals surface area contributed by atoms with E-state index in [1.54, 1.807) is 18.3 Å². The number of nitrogens with zero attached hydrogens (tertiary/aromatic N) is 3. The normalized spacial score (nSPS) is 11.3. The van der Waals surface area contributed by atoms with Crippen molar-refractivity contribution < 1.29 is 9.18 Å². The van der Waals surface area contributed by atoms with Crippen molar-refractivity contribution in [2.24, 2.45) is 5.10 Å². The third kappa shape index (κ3) is 4.07. The van der Waals surface area contributed by atoms with Crippen LogP contribution in [0, 0.1) is 19.7 Å². The molecule has 4 aromatic rings. The molecule has 144 valence electrons. The molecule has 4 nitrogen and oxygen atoms in total. The molecule has 0 atom stereocenters. The van der Waals surface area contributed by atoms with Crippen molar-refractivity contribution in [3.8, 4) is 0 Å². The molecule has 0 radical (unpaired) electrons. The fourth-order valence-corrected chi connectivity index (χ4v) is 3.77. The molecule has 3 aromatic carbocycles. The predicted molar refractivity (Wildman–Crippen MR) is 116 cm³/mol. The van der Waals surface area contributed by atoms with Crippen LogP contribution in [0.25, 0.3) is 10.2 Å². The number of halogens is 1. The maximum absolute atomic E-state index is 13.6.